The number of fused-ring (bicyclic) bond motifs is 1. The molecule has 0 saturated carbocycles. The van der Waals surface area contributed by atoms with Crippen LogP contribution in [0, 0.1) is 11.6 Å². The lowest BCUT2D eigenvalue weighted by atomic mass is 10.2. The minimum absolute atomic E-state index is 0.151. The summed E-state index contributed by atoms with van der Waals surface area (Å²) in [4.78, 5) is 14.5. The van der Waals surface area contributed by atoms with Gasteiger partial charge in [-0.05, 0) is 30.3 Å². The number of nitrogens with one attached hydrogen (secondary N) is 1. The molecule has 3 rings (SSSR count). The zero-order chi connectivity index (χ0) is 13.6. The third kappa shape index (κ3) is 1.77. The lowest BCUT2D eigenvalue weighted by Crippen LogP contribution is -2.16. The number of benzene rings is 2. The molecule has 4 nitrogen and oxygen atoms in total. The lowest BCUT2D eigenvalue weighted by Gasteiger charge is -2.05. The predicted molar refractivity (Wildman–Crippen MR) is 68.2 cm³/mol. The fourth-order valence-electron chi connectivity index (χ4n) is 2.02. The van der Waals surface area contributed by atoms with Crippen molar-refractivity contribution in [2.45, 2.75) is 0 Å². The summed E-state index contributed by atoms with van der Waals surface area (Å²) < 4.78 is 28.1. The number of aromatic amines is 1. The van der Waals surface area contributed by atoms with Gasteiger partial charge < -0.3 is 10.7 Å². The molecule has 0 unspecified atom stereocenters. The average Bonchev–Trinajstić information content (AvgIpc) is 2.68. The second-order valence-electron chi connectivity index (χ2n) is 4.14. The molecule has 0 amide bonds. The van der Waals surface area contributed by atoms with Crippen LogP contribution in [0.5, 0.6) is 0 Å². The van der Waals surface area contributed by atoms with Crippen LogP contribution in [-0.4, -0.2) is 9.55 Å². The summed E-state index contributed by atoms with van der Waals surface area (Å²) in [5, 5.41) is 0. The zero-order valence-corrected chi connectivity index (χ0v) is 9.65. The van der Waals surface area contributed by atoms with Gasteiger partial charge in [-0.25, -0.2) is 13.6 Å². The molecule has 1 heterocycles. The first-order valence-electron chi connectivity index (χ1n) is 5.52. The maximum Gasteiger partial charge on any atom is 0.331 e. The molecule has 0 saturated heterocycles. The minimum atomic E-state index is -0.688. The Morgan fingerprint density at radius 3 is 2.68 bits per heavy atom. The Hall–Kier alpha value is -2.63. The van der Waals surface area contributed by atoms with E-state index < -0.39 is 17.3 Å². The number of hydrogen-bond donors (Lipinski definition) is 2. The molecule has 3 N–H and O–H groups in total. The van der Waals surface area contributed by atoms with E-state index in [9.17, 15) is 13.6 Å². The van der Waals surface area contributed by atoms with Crippen LogP contribution in [-0.2, 0) is 0 Å². The summed E-state index contributed by atoms with van der Waals surface area (Å²) in [6.45, 7) is 0. The fourth-order valence-corrected chi connectivity index (χ4v) is 2.02. The topological polar surface area (TPSA) is 63.8 Å². The first-order chi connectivity index (χ1) is 9.06. The van der Waals surface area contributed by atoms with Crippen molar-refractivity contribution in [2.75, 3.05) is 5.73 Å². The number of aromatic nitrogens is 2. The van der Waals surface area contributed by atoms with Gasteiger partial charge in [-0.1, -0.05) is 0 Å². The van der Waals surface area contributed by atoms with Crippen LogP contribution in [0.3, 0.4) is 0 Å². The number of hydrogen-bond acceptors (Lipinski definition) is 2. The largest absolute Gasteiger partial charge is 0.399 e. The maximum absolute atomic E-state index is 13.8. The Morgan fingerprint density at radius 1 is 1.11 bits per heavy atom. The number of H-pyrrole nitrogens is 1. The number of nitrogens with two attached hydrogens (primary N) is 1. The van der Waals surface area contributed by atoms with Crippen molar-refractivity contribution < 1.29 is 8.78 Å². The van der Waals surface area contributed by atoms with Crippen molar-refractivity contribution in [1.29, 1.82) is 0 Å². The standard InChI is InChI=1S/C13H9F2N3O/c14-7-1-3-9(15)11(5-7)18-12-6-8(16)2-4-10(12)17-13(18)19/h1-6H,16H2,(H,17,19). The van der Waals surface area contributed by atoms with Gasteiger partial charge >= 0.3 is 5.69 Å². The van der Waals surface area contributed by atoms with E-state index in [1.54, 1.807) is 12.1 Å². The summed E-state index contributed by atoms with van der Waals surface area (Å²) in [5.74, 6) is -1.31. The predicted octanol–water partition coefficient (Wildman–Crippen LogP) is 2.18. The Bertz CT molecular complexity index is 836. The van der Waals surface area contributed by atoms with E-state index in [4.69, 9.17) is 5.73 Å². The molecule has 0 aliphatic rings. The number of nitrogen functional groups attached to an aromatic ring is 1. The first kappa shape index (κ1) is 11.5. The molecule has 96 valence electrons. The fraction of sp³-hybridized carbons (Fsp3) is 0. The van der Waals surface area contributed by atoms with Crippen molar-refractivity contribution in [3.05, 3.63) is 58.5 Å². The Kier molecular flexibility index (Phi) is 2.38. The summed E-state index contributed by atoms with van der Waals surface area (Å²) >= 11 is 0. The molecule has 3 aromatic rings. The molecular formula is C13H9F2N3O. The number of imidazole rings is 1. The summed E-state index contributed by atoms with van der Waals surface area (Å²) in [6.07, 6.45) is 0. The van der Waals surface area contributed by atoms with E-state index in [2.05, 4.69) is 4.98 Å². The number of anilines is 1. The molecular weight excluding hydrogens is 252 g/mol. The van der Waals surface area contributed by atoms with E-state index in [0.717, 1.165) is 22.8 Å². The second kappa shape index (κ2) is 3.94. The van der Waals surface area contributed by atoms with Crippen LogP contribution in [0.1, 0.15) is 0 Å². The Labute approximate surface area is 106 Å². The molecule has 0 bridgehead atoms. The smallest absolute Gasteiger partial charge is 0.331 e. The highest BCUT2D eigenvalue weighted by Crippen LogP contribution is 2.20. The van der Waals surface area contributed by atoms with Crippen molar-refractivity contribution in [3.8, 4) is 5.69 Å². The SMILES string of the molecule is Nc1ccc2[nH]c(=O)n(-c3cc(F)ccc3F)c2c1. The molecule has 0 atom stereocenters. The monoisotopic (exact) mass is 261 g/mol. The first-order valence-corrected chi connectivity index (χ1v) is 5.52. The maximum atomic E-state index is 13.8. The van der Waals surface area contributed by atoms with E-state index in [1.807, 2.05) is 0 Å². The molecule has 0 spiro atoms. The summed E-state index contributed by atoms with van der Waals surface area (Å²) in [7, 11) is 0. The van der Waals surface area contributed by atoms with E-state index >= 15 is 0 Å². The second-order valence-corrected chi connectivity index (χ2v) is 4.14. The molecule has 1 aromatic heterocycles. The number of rotatable bonds is 1. The molecule has 0 radical (unpaired) electrons. The van der Waals surface area contributed by atoms with E-state index in [1.165, 1.54) is 6.07 Å². The van der Waals surface area contributed by atoms with E-state index in [-0.39, 0.29) is 5.69 Å². The molecule has 2 aromatic carbocycles. The quantitative estimate of drug-likeness (QED) is 0.659. The van der Waals surface area contributed by atoms with Gasteiger partial charge in [0.2, 0.25) is 0 Å². The highest BCUT2D eigenvalue weighted by Gasteiger charge is 2.13. The molecule has 6 heteroatoms. The van der Waals surface area contributed by atoms with Crippen molar-refractivity contribution in [1.82, 2.24) is 9.55 Å². The molecule has 0 fully saturated rings. The van der Waals surface area contributed by atoms with E-state index in [0.29, 0.717) is 16.7 Å². The van der Waals surface area contributed by atoms with Gasteiger partial charge in [-0.15, -0.1) is 0 Å². The Balaban J connectivity index is 2.42. The van der Waals surface area contributed by atoms with Crippen LogP contribution in [0.25, 0.3) is 16.7 Å². The van der Waals surface area contributed by atoms with Gasteiger partial charge in [0.15, 0.2) is 0 Å². The van der Waals surface area contributed by atoms with Crippen LogP contribution < -0.4 is 11.4 Å². The van der Waals surface area contributed by atoms with Gasteiger partial charge in [-0.2, -0.15) is 0 Å². The molecule has 0 aliphatic heterocycles. The minimum Gasteiger partial charge on any atom is -0.399 e. The average molecular weight is 261 g/mol. The highest BCUT2D eigenvalue weighted by atomic mass is 19.1. The van der Waals surface area contributed by atoms with Crippen LogP contribution in [0.4, 0.5) is 14.5 Å². The third-order valence-corrected chi connectivity index (χ3v) is 2.86. The zero-order valence-electron chi connectivity index (χ0n) is 9.65. The molecule has 19 heavy (non-hydrogen) atoms. The normalized spacial score (nSPS) is 11.1. The highest BCUT2D eigenvalue weighted by molar-refractivity contribution is 5.80. The molecule has 0 aliphatic carbocycles. The van der Waals surface area contributed by atoms with Crippen molar-refractivity contribution in [3.63, 3.8) is 0 Å². The Morgan fingerprint density at radius 2 is 1.89 bits per heavy atom. The van der Waals surface area contributed by atoms with Crippen LogP contribution in [0.15, 0.2) is 41.2 Å². The lowest BCUT2D eigenvalue weighted by molar-refractivity contribution is 0.592. The van der Waals surface area contributed by atoms with Crippen LogP contribution >= 0.6 is 0 Å². The van der Waals surface area contributed by atoms with Gasteiger partial charge in [-0.3, -0.25) is 4.57 Å². The van der Waals surface area contributed by atoms with Crippen LogP contribution in [0.2, 0.25) is 0 Å². The number of halogens is 2. The third-order valence-electron chi connectivity index (χ3n) is 2.86. The number of nitrogens with zero attached hydrogens (tertiary/aromatic N) is 1. The van der Waals surface area contributed by atoms with Crippen molar-refractivity contribution >= 4 is 16.7 Å². The summed E-state index contributed by atoms with van der Waals surface area (Å²) in [5.41, 5.74) is 6.28. The van der Waals surface area contributed by atoms with Crippen molar-refractivity contribution in [2.24, 2.45) is 0 Å². The summed E-state index contributed by atoms with van der Waals surface area (Å²) in [6, 6.07) is 7.68. The van der Waals surface area contributed by atoms with Gasteiger partial charge in [0.05, 0.1) is 16.7 Å². The van der Waals surface area contributed by atoms with Gasteiger partial charge in [0, 0.05) is 11.8 Å². The van der Waals surface area contributed by atoms with Gasteiger partial charge in [0.25, 0.3) is 0 Å². The van der Waals surface area contributed by atoms with Gasteiger partial charge in [0.1, 0.15) is 11.6 Å².